The number of hydrogen-bond donors (Lipinski definition) is 2. The number of benzene rings is 1. The van der Waals surface area contributed by atoms with Gasteiger partial charge in [0.25, 0.3) is 0 Å². The van der Waals surface area contributed by atoms with Crippen molar-refractivity contribution in [2.75, 3.05) is 6.61 Å². The first kappa shape index (κ1) is 21.0. The minimum atomic E-state index is -2.56. The number of pyridine rings is 1. The van der Waals surface area contributed by atoms with Gasteiger partial charge in [0.05, 0.1) is 11.1 Å². The fourth-order valence-electron chi connectivity index (χ4n) is 3.32. The molecule has 0 bridgehead atoms. The van der Waals surface area contributed by atoms with E-state index in [1.807, 2.05) is 24.3 Å². The van der Waals surface area contributed by atoms with Gasteiger partial charge in [-0.2, -0.15) is 0 Å². The van der Waals surface area contributed by atoms with Crippen LogP contribution in [0.1, 0.15) is 38.3 Å². The standard InChI is InChI=1S/C23H23F2N3O3/c1-22(2,21(29)30)13-31-17-6-3-14(4-7-17)18-8-5-15(11-26-18)20-27-12-19(28-20)16-9-23(24,25)10-16/h3-8,11-12,16H,9-10,13H2,1-2H3,(H,27,28)(H,29,30). The predicted molar refractivity (Wildman–Crippen MR) is 111 cm³/mol. The molecule has 3 aromatic rings. The van der Waals surface area contributed by atoms with E-state index >= 15 is 0 Å². The zero-order valence-corrected chi connectivity index (χ0v) is 17.2. The molecule has 1 fully saturated rings. The van der Waals surface area contributed by atoms with Crippen molar-refractivity contribution >= 4 is 5.97 Å². The number of carboxylic acid groups (broad SMARTS) is 1. The van der Waals surface area contributed by atoms with Gasteiger partial charge >= 0.3 is 5.97 Å². The maximum absolute atomic E-state index is 13.1. The van der Waals surface area contributed by atoms with Gasteiger partial charge in [-0.15, -0.1) is 0 Å². The maximum Gasteiger partial charge on any atom is 0.312 e. The lowest BCUT2D eigenvalue weighted by Crippen LogP contribution is -2.33. The normalized spacial score (nSPS) is 16.0. The molecule has 1 aliphatic rings. The molecule has 4 rings (SSSR count). The van der Waals surface area contributed by atoms with Gasteiger partial charge in [0.1, 0.15) is 18.2 Å². The van der Waals surface area contributed by atoms with E-state index in [9.17, 15) is 13.6 Å². The molecule has 6 nitrogen and oxygen atoms in total. The van der Waals surface area contributed by atoms with E-state index in [-0.39, 0.29) is 25.4 Å². The number of hydrogen-bond acceptors (Lipinski definition) is 4. The fraction of sp³-hybridized carbons (Fsp3) is 0.348. The average molecular weight is 427 g/mol. The number of nitrogens with one attached hydrogen (secondary N) is 1. The van der Waals surface area contributed by atoms with Crippen LogP contribution in [0.4, 0.5) is 8.78 Å². The average Bonchev–Trinajstić information content (AvgIpc) is 3.21. The van der Waals surface area contributed by atoms with Gasteiger partial charge < -0.3 is 14.8 Å². The van der Waals surface area contributed by atoms with Crippen LogP contribution in [0.2, 0.25) is 0 Å². The molecule has 0 saturated heterocycles. The van der Waals surface area contributed by atoms with Crippen molar-refractivity contribution in [3.05, 3.63) is 54.5 Å². The first-order valence-electron chi connectivity index (χ1n) is 9.99. The summed E-state index contributed by atoms with van der Waals surface area (Å²) in [6, 6.07) is 11.0. The Morgan fingerprint density at radius 2 is 1.81 bits per heavy atom. The lowest BCUT2D eigenvalue weighted by atomic mass is 9.79. The molecule has 162 valence electrons. The summed E-state index contributed by atoms with van der Waals surface area (Å²) in [5, 5.41) is 9.16. The molecule has 8 heteroatoms. The third-order valence-electron chi connectivity index (χ3n) is 5.49. The summed E-state index contributed by atoms with van der Waals surface area (Å²) in [6.07, 6.45) is 3.03. The van der Waals surface area contributed by atoms with Gasteiger partial charge in [0, 0.05) is 48.0 Å². The van der Waals surface area contributed by atoms with Crippen LogP contribution >= 0.6 is 0 Å². The molecule has 0 aliphatic heterocycles. The molecule has 1 aromatic carbocycles. The van der Waals surface area contributed by atoms with Gasteiger partial charge in [-0.05, 0) is 50.2 Å². The molecule has 0 spiro atoms. The monoisotopic (exact) mass is 427 g/mol. The maximum atomic E-state index is 13.1. The number of carboxylic acids is 1. The summed E-state index contributed by atoms with van der Waals surface area (Å²) >= 11 is 0. The quantitative estimate of drug-likeness (QED) is 0.545. The third-order valence-corrected chi connectivity index (χ3v) is 5.49. The number of rotatable bonds is 7. The van der Waals surface area contributed by atoms with E-state index in [0.29, 0.717) is 11.6 Å². The summed E-state index contributed by atoms with van der Waals surface area (Å²) in [5.74, 6) is -2.46. The first-order chi connectivity index (χ1) is 14.6. The highest BCUT2D eigenvalue weighted by Crippen LogP contribution is 2.47. The molecule has 31 heavy (non-hydrogen) atoms. The van der Waals surface area contributed by atoms with Crippen molar-refractivity contribution in [1.29, 1.82) is 0 Å². The van der Waals surface area contributed by atoms with Crippen LogP contribution in [0.3, 0.4) is 0 Å². The van der Waals surface area contributed by atoms with Crippen LogP contribution in [0.25, 0.3) is 22.6 Å². The van der Waals surface area contributed by atoms with E-state index in [1.165, 1.54) is 0 Å². The lowest BCUT2D eigenvalue weighted by Gasteiger charge is -2.33. The highest BCUT2D eigenvalue weighted by molar-refractivity contribution is 5.73. The molecular formula is C23H23F2N3O3. The Morgan fingerprint density at radius 1 is 1.13 bits per heavy atom. The number of aromatic amines is 1. The van der Waals surface area contributed by atoms with Gasteiger partial charge in [-0.3, -0.25) is 9.78 Å². The van der Waals surface area contributed by atoms with Crippen LogP contribution in [0.5, 0.6) is 5.75 Å². The number of carbonyl (C=O) groups is 1. The molecule has 0 radical (unpaired) electrons. The molecular weight excluding hydrogens is 404 g/mol. The topological polar surface area (TPSA) is 88.1 Å². The summed E-state index contributed by atoms with van der Waals surface area (Å²) in [4.78, 5) is 23.1. The molecule has 1 saturated carbocycles. The summed E-state index contributed by atoms with van der Waals surface area (Å²) < 4.78 is 31.8. The molecule has 2 heterocycles. The van der Waals surface area contributed by atoms with Crippen molar-refractivity contribution in [2.45, 2.75) is 38.5 Å². The Labute approximate surface area is 178 Å². The fourth-order valence-corrected chi connectivity index (χ4v) is 3.32. The van der Waals surface area contributed by atoms with E-state index in [4.69, 9.17) is 9.84 Å². The third kappa shape index (κ3) is 4.57. The number of nitrogens with zero attached hydrogens (tertiary/aromatic N) is 2. The van der Waals surface area contributed by atoms with E-state index in [1.54, 1.807) is 38.4 Å². The van der Waals surface area contributed by atoms with Gasteiger partial charge in [0.15, 0.2) is 0 Å². The van der Waals surface area contributed by atoms with Crippen LogP contribution in [-0.4, -0.2) is 38.6 Å². The Hall–Kier alpha value is -3.29. The highest BCUT2D eigenvalue weighted by Gasteiger charge is 2.46. The number of imidazole rings is 1. The van der Waals surface area contributed by atoms with E-state index in [2.05, 4.69) is 15.0 Å². The summed E-state index contributed by atoms with van der Waals surface area (Å²) in [7, 11) is 0. The Bertz CT molecular complexity index is 1070. The van der Waals surface area contributed by atoms with E-state index < -0.39 is 17.3 Å². The second-order valence-corrected chi connectivity index (χ2v) is 8.58. The van der Waals surface area contributed by atoms with E-state index in [0.717, 1.165) is 22.5 Å². The van der Waals surface area contributed by atoms with Crippen LogP contribution in [0.15, 0.2) is 48.8 Å². The molecule has 0 atom stereocenters. The first-order valence-corrected chi connectivity index (χ1v) is 9.99. The minimum Gasteiger partial charge on any atom is -0.492 e. The van der Waals surface area contributed by atoms with Crippen LogP contribution in [0, 0.1) is 5.41 Å². The molecule has 1 aliphatic carbocycles. The summed E-state index contributed by atoms with van der Waals surface area (Å²) in [6.45, 7) is 3.29. The van der Waals surface area contributed by atoms with Crippen molar-refractivity contribution < 1.29 is 23.4 Å². The highest BCUT2D eigenvalue weighted by atomic mass is 19.3. The SMILES string of the molecule is CC(C)(COc1ccc(-c2ccc(-c3ncc(C4CC(F)(F)C4)[nH]3)cn2)cc1)C(=O)O. The van der Waals surface area contributed by atoms with Gasteiger partial charge in [-0.1, -0.05) is 0 Å². The van der Waals surface area contributed by atoms with Crippen molar-refractivity contribution in [1.82, 2.24) is 15.0 Å². The number of H-pyrrole nitrogens is 1. The Morgan fingerprint density at radius 3 is 2.39 bits per heavy atom. The second kappa shape index (κ2) is 7.76. The molecule has 2 N–H and O–H groups in total. The number of alkyl halides is 2. The Balaban J connectivity index is 1.40. The van der Waals surface area contributed by atoms with Crippen LogP contribution in [-0.2, 0) is 4.79 Å². The van der Waals surface area contributed by atoms with Crippen molar-refractivity contribution in [3.8, 4) is 28.4 Å². The summed E-state index contributed by atoms with van der Waals surface area (Å²) in [5.41, 5.74) is 2.17. The second-order valence-electron chi connectivity index (χ2n) is 8.58. The van der Waals surface area contributed by atoms with Crippen molar-refractivity contribution in [2.24, 2.45) is 5.41 Å². The predicted octanol–water partition coefficient (Wildman–Crippen LogP) is 5.14. The largest absolute Gasteiger partial charge is 0.492 e. The zero-order valence-electron chi connectivity index (χ0n) is 17.2. The lowest BCUT2D eigenvalue weighted by molar-refractivity contribution is -0.148. The molecule has 2 aromatic heterocycles. The number of ether oxygens (including phenoxy) is 1. The zero-order chi connectivity index (χ0) is 22.2. The Kier molecular flexibility index (Phi) is 5.24. The smallest absolute Gasteiger partial charge is 0.312 e. The van der Waals surface area contributed by atoms with Gasteiger partial charge in [0.2, 0.25) is 5.92 Å². The number of halogens is 2. The molecule has 0 unspecified atom stereocenters. The van der Waals surface area contributed by atoms with Crippen molar-refractivity contribution in [3.63, 3.8) is 0 Å². The number of aliphatic carboxylic acids is 1. The van der Waals surface area contributed by atoms with Crippen LogP contribution < -0.4 is 4.74 Å². The number of aromatic nitrogens is 3. The minimum absolute atomic E-state index is 0.0677. The molecule has 0 amide bonds. The van der Waals surface area contributed by atoms with Gasteiger partial charge in [-0.25, -0.2) is 13.8 Å².